The predicted molar refractivity (Wildman–Crippen MR) is 79.1 cm³/mol. The van der Waals surface area contributed by atoms with Crippen LogP contribution in [0, 0.1) is 11.3 Å². The van der Waals surface area contributed by atoms with E-state index in [2.05, 4.69) is 4.98 Å². The van der Waals surface area contributed by atoms with Crippen LogP contribution in [0.1, 0.15) is 11.1 Å². The second-order valence-corrected chi connectivity index (χ2v) is 6.74. The minimum atomic E-state index is -3.73. The smallest absolute Gasteiger partial charge is 0.243 e. The van der Waals surface area contributed by atoms with Crippen LogP contribution in [0.25, 0.3) is 0 Å². The van der Waals surface area contributed by atoms with Crippen molar-refractivity contribution in [2.24, 2.45) is 0 Å². The molecule has 1 heterocycles. The van der Waals surface area contributed by atoms with Crippen molar-refractivity contribution in [1.82, 2.24) is 9.29 Å². The summed E-state index contributed by atoms with van der Waals surface area (Å²) in [5, 5.41) is 8.80. The van der Waals surface area contributed by atoms with Crippen molar-refractivity contribution in [3.8, 4) is 6.07 Å². The normalized spacial score (nSPS) is 11.3. The molecule has 0 aliphatic heterocycles. The summed E-state index contributed by atoms with van der Waals surface area (Å²) < 4.78 is 26.1. The van der Waals surface area contributed by atoms with Crippen LogP contribution in [0.4, 0.5) is 0 Å². The van der Waals surface area contributed by atoms with Crippen molar-refractivity contribution in [3.05, 3.63) is 58.9 Å². The zero-order chi connectivity index (χ0) is 15.5. The monoisotopic (exact) mass is 321 g/mol. The first-order valence-electron chi connectivity index (χ1n) is 6.01. The van der Waals surface area contributed by atoms with Gasteiger partial charge in [-0.3, -0.25) is 0 Å². The van der Waals surface area contributed by atoms with Crippen molar-refractivity contribution in [1.29, 1.82) is 5.26 Å². The lowest BCUT2D eigenvalue weighted by atomic mass is 10.1. The molecule has 2 rings (SSSR count). The Morgan fingerprint density at radius 3 is 2.76 bits per heavy atom. The summed E-state index contributed by atoms with van der Waals surface area (Å²) in [7, 11) is -2.28. The molecule has 0 saturated carbocycles. The lowest BCUT2D eigenvalue weighted by molar-refractivity contribution is 0.466. The fourth-order valence-electron chi connectivity index (χ4n) is 1.81. The summed E-state index contributed by atoms with van der Waals surface area (Å²) in [5.74, 6) is 0. The molecule has 1 aromatic heterocycles. The van der Waals surface area contributed by atoms with Crippen LogP contribution < -0.4 is 0 Å². The highest BCUT2D eigenvalue weighted by Gasteiger charge is 2.24. The second-order valence-electron chi connectivity index (χ2n) is 4.37. The van der Waals surface area contributed by atoms with E-state index in [1.165, 1.54) is 29.7 Å². The molecule has 0 amide bonds. The lowest BCUT2D eigenvalue weighted by Crippen LogP contribution is -2.27. The van der Waals surface area contributed by atoms with Crippen molar-refractivity contribution >= 4 is 21.6 Å². The van der Waals surface area contributed by atoms with Gasteiger partial charge in [0.15, 0.2) is 0 Å². The molecule has 5 nitrogen and oxygen atoms in total. The number of hydrogen-bond donors (Lipinski definition) is 0. The van der Waals surface area contributed by atoms with Crippen molar-refractivity contribution < 1.29 is 8.42 Å². The summed E-state index contributed by atoms with van der Waals surface area (Å²) in [6.07, 6.45) is 1.43. The molecule has 0 unspecified atom stereocenters. The fourth-order valence-corrected chi connectivity index (χ4v) is 3.40. The first kappa shape index (κ1) is 15.4. The molecule has 0 N–H and O–H groups in total. The summed E-state index contributed by atoms with van der Waals surface area (Å²) in [4.78, 5) is 3.74. The molecule has 7 heteroatoms. The van der Waals surface area contributed by atoms with Crippen LogP contribution in [-0.2, 0) is 16.6 Å². The number of pyridine rings is 1. The van der Waals surface area contributed by atoms with Crippen LogP contribution in [0.2, 0.25) is 5.15 Å². The number of nitriles is 1. The third-order valence-electron chi connectivity index (χ3n) is 2.87. The molecule has 0 aliphatic carbocycles. The number of aromatic nitrogens is 1. The highest BCUT2D eigenvalue weighted by molar-refractivity contribution is 7.89. The van der Waals surface area contributed by atoms with E-state index >= 15 is 0 Å². The SMILES string of the molecule is CN(Cc1cccc(C#N)c1)S(=O)(=O)c1cccnc1Cl. The fraction of sp³-hybridized carbons (Fsp3) is 0.143. The van der Waals surface area contributed by atoms with Crippen molar-refractivity contribution in [2.45, 2.75) is 11.4 Å². The third-order valence-corrected chi connectivity index (χ3v) is 5.12. The number of halogens is 1. The Hall–Kier alpha value is -1.94. The number of nitrogens with zero attached hydrogens (tertiary/aromatic N) is 3. The van der Waals surface area contributed by atoms with Gasteiger partial charge >= 0.3 is 0 Å². The van der Waals surface area contributed by atoms with Gasteiger partial charge in [0, 0.05) is 19.8 Å². The van der Waals surface area contributed by atoms with E-state index in [1.54, 1.807) is 24.3 Å². The Labute approximate surface area is 128 Å². The van der Waals surface area contributed by atoms with E-state index in [-0.39, 0.29) is 16.6 Å². The van der Waals surface area contributed by atoms with E-state index in [0.29, 0.717) is 5.56 Å². The van der Waals surface area contributed by atoms with Gasteiger partial charge in [-0.2, -0.15) is 9.57 Å². The Morgan fingerprint density at radius 1 is 1.33 bits per heavy atom. The molecule has 0 aliphatic rings. The number of rotatable bonds is 4. The highest BCUT2D eigenvalue weighted by atomic mass is 35.5. The van der Waals surface area contributed by atoms with Crippen LogP contribution in [-0.4, -0.2) is 24.8 Å². The van der Waals surface area contributed by atoms with Gasteiger partial charge in [0.05, 0.1) is 11.6 Å². The zero-order valence-corrected chi connectivity index (χ0v) is 12.8. The number of hydrogen-bond acceptors (Lipinski definition) is 4. The molecule has 0 bridgehead atoms. The Balaban J connectivity index is 2.29. The van der Waals surface area contributed by atoms with Gasteiger partial charge in [-0.1, -0.05) is 23.7 Å². The largest absolute Gasteiger partial charge is 0.246 e. The van der Waals surface area contributed by atoms with Crippen molar-refractivity contribution in [2.75, 3.05) is 7.05 Å². The summed E-state index contributed by atoms with van der Waals surface area (Å²) >= 11 is 5.84. The highest BCUT2D eigenvalue weighted by Crippen LogP contribution is 2.22. The molecule has 1 aromatic carbocycles. The average molecular weight is 322 g/mol. The molecule has 108 valence electrons. The van der Waals surface area contributed by atoms with Gasteiger partial charge in [0.1, 0.15) is 10.0 Å². The van der Waals surface area contributed by atoms with Gasteiger partial charge in [-0.25, -0.2) is 13.4 Å². The lowest BCUT2D eigenvalue weighted by Gasteiger charge is -2.17. The second kappa shape index (κ2) is 6.22. The van der Waals surface area contributed by atoms with Crippen LogP contribution in [0.15, 0.2) is 47.5 Å². The molecule has 0 fully saturated rings. The summed E-state index contributed by atoms with van der Waals surface area (Å²) in [6, 6.07) is 11.7. The first-order chi connectivity index (χ1) is 9.95. The van der Waals surface area contributed by atoms with Gasteiger partial charge in [0.25, 0.3) is 0 Å². The molecular formula is C14H12ClN3O2S. The minimum Gasteiger partial charge on any atom is -0.243 e. The van der Waals surface area contributed by atoms with Crippen LogP contribution in [0.3, 0.4) is 0 Å². The quantitative estimate of drug-likeness (QED) is 0.811. The predicted octanol–water partition coefficient (Wildman–Crippen LogP) is 2.43. The maximum Gasteiger partial charge on any atom is 0.246 e. The molecule has 0 spiro atoms. The van der Waals surface area contributed by atoms with Crippen LogP contribution >= 0.6 is 11.6 Å². The van der Waals surface area contributed by atoms with Gasteiger partial charge < -0.3 is 0 Å². The van der Waals surface area contributed by atoms with Crippen LogP contribution in [0.5, 0.6) is 0 Å². The summed E-state index contributed by atoms with van der Waals surface area (Å²) in [6.45, 7) is 0.142. The molecule has 0 atom stereocenters. The van der Waals surface area contributed by atoms with Gasteiger partial charge in [-0.05, 0) is 29.8 Å². The van der Waals surface area contributed by atoms with E-state index < -0.39 is 10.0 Å². The average Bonchev–Trinajstić information content (AvgIpc) is 2.47. The number of sulfonamides is 1. The van der Waals surface area contributed by atoms with E-state index in [0.717, 1.165) is 5.56 Å². The Bertz CT molecular complexity index is 800. The zero-order valence-electron chi connectivity index (χ0n) is 11.2. The minimum absolute atomic E-state index is 0.0365. The molecular weight excluding hydrogens is 310 g/mol. The van der Waals surface area contributed by atoms with E-state index in [9.17, 15) is 8.42 Å². The molecule has 21 heavy (non-hydrogen) atoms. The Kier molecular flexibility index (Phi) is 4.58. The van der Waals surface area contributed by atoms with E-state index in [4.69, 9.17) is 16.9 Å². The molecule has 0 radical (unpaired) electrons. The maximum atomic E-state index is 12.4. The third kappa shape index (κ3) is 3.39. The topological polar surface area (TPSA) is 74.1 Å². The standard InChI is InChI=1S/C14H12ClN3O2S/c1-18(10-12-5-2-4-11(8-12)9-16)21(19,20)13-6-3-7-17-14(13)15/h2-8H,10H2,1H3. The maximum absolute atomic E-state index is 12.4. The summed E-state index contributed by atoms with van der Waals surface area (Å²) in [5.41, 5.74) is 1.21. The Morgan fingerprint density at radius 2 is 2.10 bits per heavy atom. The number of benzene rings is 1. The van der Waals surface area contributed by atoms with Gasteiger partial charge in [0.2, 0.25) is 10.0 Å². The van der Waals surface area contributed by atoms with Crippen molar-refractivity contribution in [3.63, 3.8) is 0 Å². The first-order valence-corrected chi connectivity index (χ1v) is 7.83. The molecule has 0 saturated heterocycles. The molecule has 2 aromatic rings. The van der Waals surface area contributed by atoms with Gasteiger partial charge in [-0.15, -0.1) is 0 Å². The van der Waals surface area contributed by atoms with E-state index in [1.807, 2.05) is 6.07 Å².